The van der Waals surface area contributed by atoms with Crippen molar-refractivity contribution in [1.82, 2.24) is 20.2 Å². The first-order valence-electron chi connectivity index (χ1n) is 5.93. The molecule has 4 N–H and O–H groups in total. The second-order valence-corrected chi connectivity index (χ2v) is 4.26. The number of rotatable bonds is 2. The van der Waals surface area contributed by atoms with Crippen LogP contribution in [0.1, 0.15) is 0 Å². The highest BCUT2D eigenvalue weighted by Gasteiger charge is 2.14. The van der Waals surface area contributed by atoms with Crippen molar-refractivity contribution in [3.05, 3.63) is 24.4 Å². The van der Waals surface area contributed by atoms with Crippen molar-refractivity contribution in [3.8, 4) is 11.5 Å². The van der Waals surface area contributed by atoms with Gasteiger partial charge in [0.1, 0.15) is 5.82 Å². The van der Waals surface area contributed by atoms with Crippen LogP contribution in [0, 0.1) is 0 Å². The molecule has 4 rings (SSSR count). The molecule has 8 heteroatoms. The van der Waals surface area contributed by atoms with Crippen LogP contribution in [-0.4, -0.2) is 27.0 Å². The summed E-state index contributed by atoms with van der Waals surface area (Å²) in [6, 6.07) is 5.55. The molecule has 0 fully saturated rings. The number of anilines is 3. The minimum Gasteiger partial charge on any atom is -0.454 e. The number of hydrogen-bond donors (Lipinski definition) is 3. The van der Waals surface area contributed by atoms with E-state index < -0.39 is 0 Å². The van der Waals surface area contributed by atoms with Crippen molar-refractivity contribution in [2.24, 2.45) is 0 Å². The Kier molecular flexibility index (Phi) is 2.16. The van der Waals surface area contributed by atoms with Crippen molar-refractivity contribution in [2.45, 2.75) is 0 Å². The topological polar surface area (TPSA) is 111 Å². The van der Waals surface area contributed by atoms with Crippen molar-refractivity contribution < 1.29 is 9.47 Å². The maximum atomic E-state index is 5.67. The number of H-pyrrole nitrogens is 1. The average molecular weight is 270 g/mol. The fourth-order valence-electron chi connectivity index (χ4n) is 2.06. The highest BCUT2D eigenvalue weighted by molar-refractivity contribution is 5.89. The van der Waals surface area contributed by atoms with Crippen LogP contribution >= 0.6 is 0 Å². The Morgan fingerprint density at radius 2 is 2.10 bits per heavy atom. The van der Waals surface area contributed by atoms with Crippen molar-refractivity contribution >= 4 is 28.5 Å². The molecule has 0 unspecified atom stereocenters. The summed E-state index contributed by atoms with van der Waals surface area (Å²) in [6.07, 6.45) is 1.64. The van der Waals surface area contributed by atoms with E-state index in [9.17, 15) is 0 Å². The van der Waals surface area contributed by atoms with E-state index in [4.69, 9.17) is 15.2 Å². The summed E-state index contributed by atoms with van der Waals surface area (Å²) in [5, 5.41) is 10.6. The maximum Gasteiger partial charge on any atom is 0.231 e. The molecule has 1 aliphatic rings. The fraction of sp³-hybridized carbons (Fsp3) is 0.0833. The molecule has 0 aliphatic carbocycles. The Morgan fingerprint density at radius 3 is 3.05 bits per heavy atom. The van der Waals surface area contributed by atoms with E-state index in [0.29, 0.717) is 17.2 Å². The minimum atomic E-state index is 0.171. The minimum absolute atomic E-state index is 0.171. The molecule has 3 aromatic rings. The highest BCUT2D eigenvalue weighted by atomic mass is 16.7. The van der Waals surface area contributed by atoms with Crippen LogP contribution in [0.2, 0.25) is 0 Å². The molecule has 0 saturated heterocycles. The average Bonchev–Trinajstić information content (AvgIpc) is 3.05. The lowest BCUT2D eigenvalue weighted by Gasteiger charge is -2.07. The first kappa shape index (κ1) is 10.9. The van der Waals surface area contributed by atoms with Crippen LogP contribution in [0.25, 0.3) is 11.0 Å². The number of nitrogens with zero attached hydrogens (tertiary/aromatic N) is 3. The normalized spacial score (nSPS) is 12.8. The van der Waals surface area contributed by atoms with E-state index >= 15 is 0 Å². The Morgan fingerprint density at radius 1 is 1.20 bits per heavy atom. The summed E-state index contributed by atoms with van der Waals surface area (Å²) < 4.78 is 10.6. The Hall–Kier alpha value is -3.03. The molecule has 0 atom stereocenters. The van der Waals surface area contributed by atoms with Gasteiger partial charge in [0, 0.05) is 11.8 Å². The lowest BCUT2D eigenvalue weighted by atomic mass is 10.2. The molecule has 0 spiro atoms. The van der Waals surface area contributed by atoms with Gasteiger partial charge in [-0.15, -0.1) is 0 Å². The molecular formula is C12H10N6O2. The van der Waals surface area contributed by atoms with Crippen LogP contribution in [0.15, 0.2) is 24.4 Å². The van der Waals surface area contributed by atoms with E-state index in [2.05, 4.69) is 25.5 Å². The van der Waals surface area contributed by atoms with Gasteiger partial charge in [0.05, 0.1) is 11.6 Å². The van der Waals surface area contributed by atoms with Gasteiger partial charge >= 0.3 is 0 Å². The number of hydrogen-bond acceptors (Lipinski definition) is 7. The van der Waals surface area contributed by atoms with Gasteiger partial charge < -0.3 is 20.5 Å². The lowest BCUT2D eigenvalue weighted by Crippen LogP contribution is -2.00. The van der Waals surface area contributed by atoms with E-state index in [1.54, 1.807) is 6.20 Å². The smallest absolute Gasteiger partial charge is 0.231 e. The summed E-state index contributed by atoms with van der Waals surface area (Å²) in [6.45, 7) is 0.241. The van der Waals surface area contributed by atoms with E-state index in [0.717, 1.165) is 16.8 Å². The summed E-state index contributed by atoms with van der Waals surface area (Å²) in [4.78, 5) is 8.25. The summed E-state index contributed by atoms with van der Waals surface area (Å²) in [7, 11) is 0. The van der Waals surface area contributed by atoms with Crippen molar-refractivity contribution in [3.63, 3.8) is 0 Å². The van der Waals surface area contributed by atoms with Crippen LogP contribution in [0.4, 0.5) is 17.5 Å². The third-order valence-electron chi connectivity index (χ3n) is 2.96. The third kappa shape index (κ3) is 1.66. The van der Waals surface area contributed by atoms with Crippen LogP contribution in [-0.2, 0) is 0 Å². The molecule has 1 aromatic carbocycles. The van der Waals surface area contributed by atoms with Crippen molar-refractivity contribution in [2.75, 3.05) is 17.8 Å². The Bertz CT molecular complexity index is 800. The number of nitrogens with two attached hydrogens (primary N) is 1. The number of nitrogen functional groups attached to an aromatic ring is 1. The first-order chi connectivity index (χ1) is 9.79. The zero-order valence-corrected chi connectivity index (χ0v) is 10.3. The molecule has 0 bridgehead atoms. The first-order valence-corrected chi connectivity index (χ1v) is 5.93. The van der Waals surface area contributed by atoms with Crippen LogP contribution in [0.3, 0.4) is 0 Å². The predicted molar refractivity (Wildman–Crippen MR) is 71.9 cm³/mol. The second-order valence-electron chi connectivity index (χ2n) is 4.26. The zero-order valence-electron chi connectivity index (χ0n) is 10.3. The lowest BCUT2D eigenvalue weighted by molar-refractivity contribution is 0.174. The molecule has 0 amide bonds. The number of aromatic nitrogens is 4. The quantitative estimate of drug-likeness (QED) is 0.645. The summed E-state index contributed by atoms with van der Waals surface area (Å²) >= 11 is 0. The SMILES string of the molecule is Nc1nc(Nc2ccc3c(c2)OCO3)c2cn[nH]c2n1. The van der Waals surface area contributed by atoms with Gasteiger partial charge in [-0.25, -0.2) is 0 Å². The van der Waals surface area contributed by atoms with Crippen LogP contribution < -0.4 is 20.5 Å². The van der Waals surface area contributed by atoms with Gasteiger partial charge in [-0.05, 0) is 12.1 Å². The van der Waals surface area contributed by atoms with E-state index in [-0.39, 0.29) is 12.7 Å². The molecule has 20 heavy (non-hydrogen) atoms. The zero-order chi connectivity index (χ0) is 13.5. The number of benzene rings is 1. The molecule has 0 radical (unpaired) electrons. The molecule has 2 aromatic heterocycles. The summed E-state index contributed by atoms with van der Waals surface area (Å²) in [5.74, 6) is 2.18. The van der Waals surface area contributed by atoms with Crippen LogP contribution in [0.5, 0.6) is 11.5 Å². The Balaban J connectivity index is 1.75. The van der Waals surface area contributed by atoms with Gasteiger partial charge in [0.15, 0.2) is 17.1 Å². The van der Waals surface area contributed by atoms with Gasteiger partial charge in [0.2, 0.25) is 12.7 Å². The fourth-order valence-corrected chi connectivity index (χ4v) is 2.06. The van der Waals surface area contributed by atoms with Gasteiger partial charge in [-0.1, -0.05) is 0 Å². The number of aromatic amines is 1. The van der Waals surface area contributed by atoms with E-state index in [1.807, 2.05) is 18.2 Å². The van der Waals surface area contributed by atoms with Gasteiger partial charge in [-0.3, -0.25) is 5.10 Å². The molecule has 3 heterocycles. The largest absolute Gasteiger partial charge is 0.454 e. The Labute approximate surface area is 112 Å². The monoisotopic (exact) mass is 270 g/mol. The predicted octanol–water partition coefficient (Wildman–Crippen LogP) is 1.41. The number of nitrogens with one attached hydrogen (secondary N) is 2. The standard InChI is InChI=1S/C12H10N6O2/c13-12-16-10(7-4-14-18-11(7)17-12)15-6-1-2-8-9(3-6)20-5-19-8/h1-4H,5H2,(H4,13,14,15,16,17,18). The maximum absolute atomic E-state index is 5.67. The number of fused-ring (bicyclic) bond motifs is 2. The molecule has 0 saturated carbocycles. The second kappa shape index (κ2) is 3.98. The van der Waals surface area contributed by atoms with Crippen molar-refractivity contribution in [1.29, 1.82) is 0 Å². The van der Waals surface area contributed by atoms with E-state index in [1.165, 1.54) is 0 Å². The molecule has 100 valence electrons. The third-order valence-corrected chi connectivity index (χ3v) is 2.96. The van der Waals surface area contributed by atoms with Gasteiger partial charge in [0.25, 0.3) is 0 Å². The summed E-state index contributed by atoms with van der Waals surface area (Å²) in [5.41, 5.74) is 7.07. The molecular weight excluding hydrogens is 260 g/mol. The number of ether oxygens (including phenoxy) is 2. The molecule has 8 nitrogen and oxygen atoms in total. The van der Waals surface area contributed by atoms with Gasteiger partial charge in [-0.2, -0.15) is 15.1 Å². The molecule has 1 aliphatic heterocycles. The highest BCUT2D eigenvalue weighted by Crippen LogP contribution is 2.35.